The predicted octanol–water partition coefficient (Wildman–Crippen LogP) is 3.15. The standard InChI is InChI=1S/C11H13Cl2NO2S/c1-7(11(15)16)14-4-5-17-10-6-8(12)2-3-9(10)13/h2-3,6-7,14H,4-5H2,1H3,(H,15,16)/t7-/m1/s1. The number of hydrogen-bond donors (Lipinski definition) is 2. The van der Waals surface area contributed by atoms with Crippen LogP contribution in [0.25, 0.3) is 0 Å². The van der Waals surface area contributed by atoms with Gasteiger partial charge in [0.15, 0.2) is 0 Å². The summed E-state index contributed by atoms with van der Waals surface area (Å²) >= 11 is 13.4. The Morgan fingerprint density at radius 1 is 1.53 bits per heavy atom. The van der Waals surface area contributed by atoms with Crippen LogP contribution in [-0.4, -0.2) is 29.4 Å². The molecule has 0 saturated carbocycles. The largest absolute Gasteiger partial charge is 0.480 e. The molecule has 17 heavy (non-hydrogen) atoms. The fourth-order valence-corrected chi connectivity index (χ4v) is 2.49. The third-order valence-corrected chi connectivity index (χ3v) is 3.81. The van der Waals surface area contributed by atoms with E-state index in [9.17, 15) is 4.79 Å². The second-order valence-corrected chi connectivity index (χ2v) is 5.42. The smallest absolute Gasteiger partial charge is 0.320 e. The highest BCUT2D eigenvalue weighted by Gasteiger charge is 2.09. The Labute approximate surface area is 114 Å². The number of rotatable bonds is 6. The van der Waals surface area contributed by atoms with Gasteiger partial charge < -0.3 is 10.4 Å². The lowest BCUT2D eigenvalue weighted by molar-refractivity contribution is -0.138. The zero-order valence-electron chi connectivity index (χ0n) is 9.24. The van der Waals surface area contributed by atoms with E-state index in [1.807, 2.05) is 0 Å². The Balaban J connectivity index is 2.36. The van der Waals surface area contributed by atoms with E-state index in [-0.39, 0.29) is 0 Å². The highest BCUT2D eigenvalue weighted by atomic mass is 35.5. The first kappa shape index (κ1) is 14.6. The number of thioether (sulfide) groups is 1. The van der Waals surface area contributed by atoms with E-state index < -0.39 is 12.0 Å². The molecular formula is C11H13Cl2NO2S. The molecule has 6 heteroatoms. The van der Waals surface area contributed by atoms with Crippen molar-refractivity contribution in [3.8, 4) is 0 Å². The van der Waals surface area contributed by atoms with Crippen molar-refractivity contribution in [1.82, 2.24) is 5.32 Å². The van der Waals surface area contributed by atoms with Gasteiger partial charge in [0.2, 0.25) is 0 Å². The molecule has 0 spiro atoms. The van der Waals surface area contributed by atoms with Gasteiger partial charge in [0, 0.05) is 22.2 Å². The van der Waals surface area contributed by atoms with Crippen molar-refractivity contribution >= 4 is 40.9 Å². The van der Waals surface area contributed by atoms with Crippen LogP contribution >= 0.6 is 35.0 Å². The molecule has 0 radical (unpaired) electrons. The fourth-order valence-electron chi connectivity index (χ4n) is 1.11. The summed E-state index contributed by atoms with van der Waals surface area (Å²) in [5.74, 6) is -0.117. The molecule has 0 unspecified atom stereocenters. The molecule has 0 saturated heterocycles. The van der Waals surface area contributed by atoms with Crippen LogP contribution in [0.2, 0.25) is 10.0 Å². The summed E-state index contributed by atoms with van der Waals surface area (Å²) in [6.07, 6.45) is 0. The van der Waals surface area contributed by atoms with Crippen LogP contribution in [0.4, 0.5) is 0 Å². The average Bonchev–Trinajstić information content (AvgIpc) is 2.28. The molecule has 1 rings (SSSR count). The van der Waals surface area contributed by atoms with Crippen LogP contribution in [0.1, 0.15) is 6.92 Å². The normalized spacial score (nSPS) is 12.4. The fraction of sp³-hybridized carbons (Fsp3) is 0.364. The first-order chi connectivity index (χ1) is 8.00. The zero-order valence-corrected chi connectivity index (χ0v) is 11.6. The number of nitrogens with one attached hydrogen (secondary N) is 1. The van der Waals surface area contributed by atoms with Gasteiger partial charge in [0.25, 0.3) is 0 Å². The summed E-state index contributed by atoms with van der Waals surface area (Å²) in [5.41, 5.74) is 0. The van der Waals surface area contributed by atoms with Gasteiger partial charge in [-0.15, -0.1) is 11.8 Å². The van der Waals surface area contributed by atoms with Crippen LogP contribution < -0.4 is 5.32 Å². The maximum Gasteiger partial charge on any atom is 0.320 e. The number of benzene rings is 1. The summed E-state index contributed by atoms with van der Waals surface area (Å²) in [6, 6.07) is 4.75. The molecule has 0 amide bonds. The predicted molar refractivity (Wildman–Crippen MR) is 72.3 cm³/mol. The van der Waals surface area contributed by atoms with E-state index in [4.69, 9.17) is 28.3 Å². The van der Waals surface area contributed by atoms with E-state index in [1.54, 1.807) is 36.9 Å². The molecule has 1 atom stereocenters. The Morgan fingerprint density at radius 2 is 2.24 bits per heavy atom. The summed E-state index contributed by atoms with van der Waals surface area (Å²) in [5, 5.41) is 12.9. The van der Waals surface area contributed by atoms with Gasteiger partial charge >= 0.3 is 5.97 Å². The highest BCUT2D eigenvalue weighted by molar-refractivity contribution is 7.99. The minimum atomic E-state index is -0.851. The topological polar surface area (TPSA) is 49.3 Å². The van der Waals surface area contributed by atoms with Crippen molar-refractivity contribution in [2.75, 3.05) is 12.3 Å². The van der Waals surface area contributed by atoms with Gasteiger partial charge in [-0.1, -0.05) is 23.2 Å². The Morgan fingerprint density at radius 3 is 2.88 bits per heavy atom. The molecule has 0 bridgehead atoms. The number of halogens is 2. The van der Waals surface area contributed by atoms with Crippen molar-refractivity contribution in [3.63, 3.8) is 0 Å². The lowest BCUT2D eigenvalue weighted by atomic mass is 10.3. The lowest BCUT2D eigenvalue weighted by Gasteiger charge is -2.09. The van der Waals surface area contributed by atoms with Gasteiger partial charge in [0.05, 0.1) is 5.02 Å². The van der Waals surface area contributed by atoms with E-state index in [0.29, 0.717) is 16.6 Å². The van der Waals surface area contributed by atoms with Crippen LogP contribution in [0.5, 0.6) is 0 Å². The Kier molecular flexibility index (Phi) is 6.12. The molecule has 0 fully saturated rings. The number of carbonyl (C=O) groups is 1. The van der Waals surface area contributed by atoms with Crippen LogP contribution in [0.15, 0.2) is 23.1 Å². The second kappa shape index (κ2) is 7.11. The number of hydrogen-bond acceptors (Lipinski definition) is 3. The van der Waals surface area contributed by atoms with Gasteiger partial charge in [-0.25, -0.2) is 0 Å². The molecule has 0 aromatic heterocycles. The van der Waals surface area contributed by atoms with Gasteiger partial charge in [-0.05, 0) is 25.1 Å². The van der Waals surface area contributed by atoms with Crippen molar-refractivity contribution in [2.45, 2.75) is 17.9 Å². The van der Waals surface area contributed by atoms with Crippen molar-refractivity contribution in [1.29, 1.82) is 0 Å². The van der Waals surface area contributed by atoms with Crippen LogP contribution in [0.3, 0.4) is 0 Å². The first-order valence-corrected chi connectivity index (χ1v) is 6.79. The summed E-state index contributed by atoms with van der Waals surface area (Å²) in [6.45, 7) is 2.21. The summed E-state index contributed by atoms with van der Waals surface area (Å²) in [7, 11) is 0. The second-order valence-electron chi connectivity index (χ2n) is 3.44. The van der Waals surface area contributed by atoms with E-state index >= 15 is 0 Å². The summed E-state index contributed by atoms with van der Waals surface area (Å²) < 4.78 is 0. The summed E-state index contributed by atoms with van der Waals surface area (Å²) in [4.78, 5) is 11.5. The van der Waals surface area contributed by atoms with Gasteiger partial charge in [-0.3, -0.25) is 4.79 Å². The van der Waals surface area contributed by atoms with Crippen LogP contribution in [-0.2, 0) is 4.79 Å². The van der Waals surface area contributed by atoms with E-state index in [1.165, 1.54) is 0 Å². The molecule has 3 nitrogen and oxygen atoms in total. The quantitative estimate of drug-likeness (QED) is 0.625. The molecule has 0 heterocycles. The van der Waals surface area contributed by atoms with Crippen molar-refractivity contribution in [3.05, 3.63) is 28.2 Å². The molecule has 94 valence electrons. The first-order valence-electron chi connectivity index (χ1n) is 5.04. The third-order valence-electron chi connectivity index (χ3n) is 2.07. The number of aliphatic carboxylic acids is 1. The lowest BCUT2D eigenvalue weighted by Crippen LogP contribution is -2.35. The number of carboxylic acid groups (broad SMARTS) is 1. The minimum absolute atomic E-state index is 0.537. The van der Waals surface area contributed by atoms with E-state index in [2.05, 4.69) is 5.32 Å². The molecule has 0 aliphatic rings. The third kappa shape index (κ3) is 5.17. The number of carboxylic acids is 1. The van der Waals surface area contributed by atoms with E-state index in [0.717, 1.165) is 10.6 Å². The molecular weight excluding hydrogens is 281 g/mol. The van der Waals surface area contributed by atoms with Gasteiger partial charge in [0.1, 0.15) is 6.04 Å². The molecule has 1 aromatic rings. The Hall–Kier alpha value is -0.420. The molecule has 0 aliphatic carbocycles. The zero-order chi connectivity index (χ0) is 12.8. The average molecular weight is 294 g/mol. The minimum Gasteiger partial charge on any atom is -0.480 e. The Bertz CT molecular complexity index is 401. The van der Waals surface area contributed by atoms with Crippen LogP contribution in [0, 0.1) is 0 Å². The van der Waals surface area contributed by atoms with Crippen molar-refractivity contribution in [2.24, 2.45) is 0 Å². The monoisotopic (exact) mass is 293 g/mol. The van der Waals surface area contributed by atoms with Crippen molar-refractivity contribution < 1.29 is 9.90 Å². The molecule has 2 N–H and O–H groups in total. The molecule has 1 aromatic carbocycles. The maximum atomic E-state index is 10.6. The highest BCUT2D eigenvalue weighted by Crippen LogP contribution is 2.29. The maximum absolute atomic E-state index is 10.6. The SMILES string of the molecule is C[C@@H](NCCSc1cc(Cl)ccc1Cl)C(=O)O. The molecule has 0 aliphatic heterocycles. The van der Waals surface area contributed by atoms with Gasteiger partial charge in [-0.2, -0.15) is 0 Å².